The number of anilines is 1. The minimum absolute atomic E-state index is 0.358. The second-order valence-corrected chi connectivity index (χ2v) is 7.93. The van der Waals surface area contributed by atoms with E-state index in [1.165, 1.54) is 12.8 Å². The Balaban J connectivity index is 1.56. The van der Waals surface area contributed by atoms with Gasteiger partial charge in [0, 0.05) is 43.5 Å². The number of likely N-dealkylation sites (tertiary alicyclic amines) is 1. The first kappa shape index (κ1) is 18.6. The highest BCUT2D eigenvalue weighted by atomic mass is 16.7. The molecule has 1 unspecified atom stereocenters. The number of aromatic nitrogens is 2. The minimum atomic E-state index is -0.422. The highest BCUT2D eigenvalue weighted by Gasteiger charge is 2.51. The number of nitrogens with one attached hydrogen (secondary N) is 1. The Bertz CT molecular complexity index is 565. The average molecular weight is 347 g/mol. The summed E-state index contributed by atoms with van der Waals surface area (Å²) in [6.07, 6.45) is 5.99. The molecular formula is C17H30BN5O2. The average Bonchev–Trinajstić information content (AvgIpc) is 3.08. The molecule has 0 amide bonds. The predicted octanol–water partition coefficient (Wildman–Crippen LogP) is 0.611. The Labute approximate surface area is 150 Å². The molecule has 0 aliphatic carbocycles. The first-order chi connectivity index (χ1) is 11.8. The third kappa shape index (κ3) is 3.97. The predicted molar refractivity (Wildman–Crippen MR) is 99.9 cm³/mol. The zero-order chi connectivity index (χ0) is 18.1. The van der Waals surface area contributed by atoms with E-state index in [0.717, 1.165) is 25.1 Å². The summed E-state index contributed by atoms with van der Waals surface area (Å²) < 4.78 is 12.1. The number of hydrogen-bond acceptors (Lipinski definition) is 7. The summed E-state index contributed by atoms with van der Waals surface area (Å²) in [5.41, 5.74) is 5.81. The SMILES string of the molecule is CC1(C)OB(c2cnc(NCC3CCCN3CCN)nc2)OC1(C)C. The van der Waals surface area contributed by atoms with E-state index in [4.69, 9.17) is 15.0 Å². The molecule has 0 bridgehead atoms. The van der Waals surface area contributed by atoms with Crippen LogP contribution in [0.4, 0.5) is 5.95 Å². The molecule has 1 atom stereocenters. The van der Waals surface area contributed by atoms with Gasteiger partial charge in [-0.1, -0.05) is 0 Å². The lowest BCUT2D eigenvalue weighted by Crippen LogP contribution is -2.41. The molecule has 0 aromatic carbocycles. The maximum absolute atomic E-state index is 6.03. The summed E-state index contributed by atoms with van der Waals surface area (Å²) in [6, 6.07) is 0.509. The van der Waals surface area contributed by atoms with E-state index in [1.807, 2.05) is 27.7 Å². The first-order valence-corrected chi connectivity index (χ1v) is 9.18. The Kier molecular flexibility index (Phi) is 5.34. The normalized spacial score (nSPS) is 25.5. The van der Waals surface area contributed by atoms with Crippen molar-refractivity contribution in [1.82, 2.24) is 14.9 Å². The van der Waals surface area contributed by atoms with Crippen LogP contribution in [0.1, 0.15) is 40.5 Å². The van der Waals surface area contributed by atoms with Gasteiger partial charge in [0.15, 0.2) is 0 Å². The molecule has 8 heteroatoms. The Morgan fingerprint density at radius 3 is 2.48 bits per heavy atom. The van der Waals surface area contributed by atoms with Crippen LogP contribution in [-0.2, 0) is 9.31 Å². The Hall–Kier alpha value is -1.22. The van der Waals surface area contributed by atoms with Gasteiger partial charge in [0.2, 0.25) is 5.95 Å². The van der Waals surface area contributed by atoms with E-state index < -0.39 is 7.12 Å². The largest absolute Gasteiger partial charge is 0.498 e. The van der Waals surface area contributed by atoms with Gasteiger partial charge in [-0.25, -0.2) is 9.97 Å². The third-order valence-electron chi connectivity index (χ3n) is 5.61. The van der Waals surface area contributed by atoms with Crippen LogP contribution in [0.25, 0.3) is 0 Å². The Morgan fingerprint density at radius 2 is 1.88 bits per heavy atom. The molecule has 25 heavy (non-hydrogen) atoms. The second-order valence-electron chi connectivity index (χ2n) is 7.93. The van der Waals surface area contributed by atoms with E-state index in [1.54, 1.807) is 12.4 Å². The van der Waals surface area contributed by atoms with Crippen molar-refractivity contribution in [2.45, 2.75) is 57.8 Å². The third-order valence-corrected chi connectivity index (χ3v) is 5.61. The molecule has 3 rings (SSSR count). The van der Waals surface area contributed by atoms with Crippen molar-refractivity contribution in [3.63, 3.8) is 0 Å². The quantitative estimate of drug-likeness (QED) is 0.730. The number of nitrogens with zero attached hydrogens (tertiary/aromatic N) is 3. The maximum atomic E-state index is 6.03. The van der Waals surface area contributed by atoms with E-state index in [-0.39, 0.29) is 11.2 Å². The molecule has 2 aliphatic rings. The van der Waals surface area contributed by atoms with Crippen LogP contribution < -0.4 is 16.5 Å². The molecule has 0 spiro atoms. The number of rotatable bonds is 6. The molecule has 2 aliphatic heterocycles. The van der Waals surface area contributed by atoms with Crippen LogP contribution >= 0.6 is 0 Å². The van der Waals surface area contributed by atoms with Crippen molar-refractivity contribution >= 4 is 18.5 Å². The van der Waals surface area contributed by atoms with E-state index in [9.17, 15) is 0 Å². The molecule has 0 radical (unpaired) electrons. The van der Waals surface area contributed by atoms with Crippen LogP contribution in [0.2, 0.25) is 0 Å². The van der Waals surface area contributed by atoms with Gasteiger partial charge in [-0.3, -0.25) is 4.90 Å². The molecule has 1 aromatic heterocycles. The van der Waals surface area contributed by atoms with Gasteiger partial charge in [-0.2, -0.15) is 0 Å². The lowest BCUT2D eigenvalue weighted by atomic mass is 9.81. The fourth-order valence-electron chi connectivity index (χ4n) is 3.33. The minimum Gasteiger partial charge on any atom is -0.399 e. The van der Waals surface area contributed by atoms with Crippen molar-refractivity contribution in [2.75, 3.05) is 31.5 Å². The highest BCUT2D eigenvalue weighted by Crippen LogP contribution is 2.36. The molecule has 1 aromatic rings. The molecule has 138 valence electrons. The summed E-state index contributed by atoms with van der Waals surface area (Å²) in [7, 11) is -0.422. The van der Waals surface area contributed by atoms with Crippen molar-refractivity contribution < 1.29 is 9.31 Å². The highest BCUT2D eigenvalue weighted by molar-refractivity contribution is 6.61. The fraction of sp³-hybridized carbons (Fsp3) is 0.765. The zero-order valence-electron chi connectivity index (χ0n) is 15.8. The van der Waals surface area contributed by atoms with Crippen LogP contribution in [0.15, 0.2) is 12.4 Å². The van der Waals surface area contributed by atoms with Gasteiger partial charge in [0.1, 0.15) is 0 Å². The lowest BCUT2D eigenvalue weighted by molar-refractivity contribution is 0.00578. The Morgan fingerprint density at radius 1 is 1.24 bits per heavy atom. The fourth-order valence-corrected chi connectivity index (χ4v) is 3.33. The maximum Gasteiger partial charge on any atom is 0.498 e. The smallest absolute Gasteiger partial charge is 0.399 e. The monoisotopic (exact) mass is 347 g/mol. The van der Waals surface area contributed by atoms with Gasteiger partial charge >= 0.3 is 7.12 Å². The van der Waals surface area contributed by atoms with Crippen LogP contribution in [-0.4, -0.2) is 65.4 Å². The molecule has 0 saturated carbocycles. The van der Waals surface area contributed by atoms with Crippen LogP contribution in [0.3, 0.4) is 0 Å². The topological polar surface area (TPSA) is 85.5 Å². The zero-order valence-corrected chi connectivity index (χ0v) is 15.8. The molecule has 2 saturated heterocycles. The molecule has 7 nitrogen and oxygen atoms in total. The molecular weight excluding hydrogens is 317 g/mol. The number of hydrogen-bond donors (Lipinski definition) is 2. The van der Waals surface area contributed by atoms with Gasteiger partial charge in [-0.15, -0.1) is 0 Å². The van der Waals surface area contributed by atoms with Crippen molar-refractivity contribution in [2.24, 2.45) is 5.73 Å². The summed E-state index contributed by atoms with van der Waals surface area (Å²) in [6.45, 7) is 11.8. The van der Waals surface area contributed by atoms with Gasteiger partial charge < -0.3 is 20.4 Å². The molecule has 2 fully saturated rings. The second kappa shape index (κ2) is 7.19. The van der Waals surface area contributed by atoms with Crippen LogP contribution in [0, 0.1) is 0 Å². The lowest BCUT2D eigenvalue weighted by Gasteiger charge is -2.32. The van der Waals surface area contributed by atoms with Gasteiger partial charge in [0.25, 0.3) is 0 Å². The van der Waals surface area contributed by atoms with E-state index >= 15 is 0 Å². The van der Waals surface area contributed by atoms with Crippen molar-refractivity contribution in [3.8, 4) is 0 Å². The summed E-state index contributed by atoms with van der Waals surface area (Å²) in [4.78, 5) is 11.3. The van der Waals surface area contributed by atoms with Gasteiger partial charge in [0.05, 0.1) is 11.2 Å². The van der Waals surface area contributed by atoms with E-state index in [2.05, 4.69) is 20.2 Å². The summed E-state index contributed by atoms with van der Waals surface area (Å²) >= 11 is 0. The summed E-state index contributed by atoms with van der Waals surface area (Å²) in [5, 5.41) is 3.34. The van der Waals surface area contributed by atoms with Crippen LogP contribution in [0.5, 0.6) is 0 Å². The van der Waals surface area contributed by atoms with Gasteiger partial charge in [-0.05, 0) is 47.1 Å². The van der Waals surface area contributed by atoms with E-state index in [0.29, 0.717) is 18.5 Å². The van der Waals surface area contributed by atoms with Crippen molar-refractivity contribution in [1.29, 1.82) is 0 Å². The standard InChI is InChI=1S/C17H30BN5O2/c1-16(2)17(3,4)25-18(24-16)13-10-20-15(21-11-13)22-12-14-6-5-8-23(14)9-7-19/h10-11,14H,5-9,12,19H2,1-4H3,(H,20,21,22). The molecule has 3 N–H and O–H groups in total. The first-order valence-electron chi connectivity index (χ1n) is 9.18. The number of nitrogens with two attached hydrogens (primary N) is 1. The summed E-state index contributed by atoms with van der Waals surface area (Å²) in [5.74, 6) is 0.639. The molecule has 3 heterocycles. The van der Waals surface area contributed by atoms with Crippen molar-refractivity contribution in [3.05, 3.63) is 12.4 Å².